The van der Waals surface area contributed by atoms with E-state index in [-0.39, 0.29) is 12.3 Å². The summed E-state index contributed by atoms with van der Waals surface area (Å²) in [4.78, 5) is 12.0. The first-order chi connectivity index (χ1) is 13.4. The molecule has 0 atom stereocenters. The third-order valence-electron chi connectivity index (χ3n) is 3.57. The summed E-state index contributed by atoms with van der Waals surface area (Å²) in [6.45, 7) is -1.24. The molecule has 1 aromatic heterocycles. The zero-order valence-electron chi connectivity index (χ0n) is 14.5. The molecule has 0 unspecified atom stereocenters. The van der Waals surface area contributed by atoms with Gasteiger partial charge in [-0.1, -0.05) is 18.2 Å². The fourth-order valence-electron chi connectivity index (χ4n) is 2.32. The standard InChI is InChI=1S/C18H16F3N5O2/c19-18(20,21)11-28-15-8-6-13(7-9-15)24-17(27)22-10-16-25-23-12-26(16)14-4-2-1-3-5-14/h1-9,12H,10-11H2,(H2,22,24,27). The van der Waals surface area contributed by atoms with E-state index in [1.54, 1.807) is 10.9 Å². The van der Waals surface area contributed by atoms with E-state index in [1.807, 2.05) is 30.3 Å². The highest BCUT2D eigenvalue weighted by Gasteiger charge is 2.28. The maximum Gasteiger partial charge on any atom is 0.422 e. The van der Waals surface area contributed by atoms with Crippen LogP contribution in [0.4, 0.5) is 23.7 Å². The van der Waals surface area contributed by atoms with Gasteiger partial charge in [0.25, 0.3) is 0 Å². The van der Waals surface area contributed by atoms with Crippen LogP contribution >= 0.6 is 0 Å². The predicted molar refractivity (Wildman–Crippen MR) is 95.2 cm³/mol. The fourth-order valence-corrected chi connectivity index (χ4v) is 2.32. The molecule has 0 bridgehead atoms. The van der Waals surface area contributed by atoms with E-state index >= 15 is 0 Å². The number of alkyl halides is 3. The number of ether oxygens (including phenoxy) is 1. The third-order valence-corrected chi connectivity index (χ3v) is 3.57. The number of anilines is 1. The lowest BCUT2D eigenvalue weighted by atomic mass is 10.3. The van der Waals surface area contributed by atoms with Crippen molar-refractivity contribution in [3.8, 4) is 11.4 Å². The maximum atomic E-state index is 12.1. The Hall–Kier alpha value is -3.56. The molecule has 0 radical (unpaired) electrons. The summed E-state index contributed by atoms with van der Waals surface area (Å²) in [5, 5.41) is 13.1. The van der Waals surface area contributed by atoms with Crippen molar-refractivity contribution in [3.05, 3.63) is 66.7 Å². The number of hydrogen-bond acceptors (Lipinski definition) is 4. The van der Waals surface area contributed by atoms with Gasteiger partial charge >= 0.3 is 12.2 Å². The minimum Gasteiger partial charge on any atom is -0.484 e. The van der Waals surface area contributed by atoms with E-state index in [9.17, 15) is 18.0 Å². The summed E-state index contributed by atoms with van der Waals surface area (Å²) < 4.78 is 42.7. The molecule has 3 rings (SSSR count). The fraction of sp³-hybridized carbons (Fsp3) is 0.167. The van der Waals surface area contributed by atoms with Gasteiger partial charge in [0.2, 0.25) is 0 Å². The molecule has 0 aliphatic rings. The van der Waals surface area contributed by atoms with E-state index in [1.165, 1.54) is 24.3 Å². The molecule has 2 N–H and O–H groups in total. The Morgan fingerprint density at radius 3 is 2.46 bits per heavy atom. The highest BCUT2D eigenvalue weighted by Crippen LogP contribution is 2.20. The molecule has 0 aliphatic heterocycles. The van der Waals surface area contributed by atoms with Gasteiger partial charge in [0.1, 0.15) is 12.1 Å². The van der Waals surface area contributed by atoms with Crippen LogP contribution in [0.2, 0.25) is 0 Å². The molecule has 28 heavy (non-hydrogen) atoms. The molecule has 0 aliphatic carbocycles. The van der Waals surface area contributed by atoms with E-state index in [2.05, 4.69) is 25.6 Å². The average molecular weight is 391 g/mol. The van der Waals surface area contributed by atoms with Crippen LogP contribution in [-0.2, 0) is 6.54 Å². The molecular weight excluding hydrogens is 375 g/mol. The lowest BCUT2D eigenvalue weighted by Crippen LogP contribution is -2.29. The number of rotatable bonds is 6. The SMILES string of the molecule is O=C(NCc1nncn1-c1ccccc1)Nc1ccc(OCC(F)(F)F)cc1. The number of carbonyl (C=O) groups excluding carboxylic acids is 1. The molecular formula is C18H16F3N5O2. The number of nitrogens with zero attached hydrogens (tertiary/aromatic N) is 3. The van der Waals surface area contributed by atoms with Crippen LogP contribution in [-0.4, -0.2) is 33.6 Å². The molecule has 2 amide bonds. The second-order valence-corrected chi connectivity index (χ2v) is 5.69. The van der Waals surface area contributed by atoms with Gasteiger partial charge in [0.05, 0.1) is 6.54 Å². The molecule has 0 fully saturated rings. The van der Waals surface area contributed by atoms with Gasteiger partial charge in [0, 0.05) is 11.4 Å². The topological polar surface area (TPSA) is 81.1 Å². The predicted octanol–water partition coefficient (Wildman–Crippen LogP) is 3.53. The number of nitrogens with one attached hydrogen (secondary N) is 2. The van der Waals surface area contributed by atoms with Crippen LogP contribution < -0.4 is 15.4 Å². The summed E-state index contributed by atoms with van der Waals surface area (Å²) in [6, 6.07) is 14.5. The molecule has 2 aromatic carbocycles. The van der Waals surface area contributed by atoms with Crippen molar-refractivity contribution in [1.82, 2.24) is 20.1 Å². The van der Waals surface area contributed by atoms with Crippen molar-refractivity contribution < 1.29 is 22.7 Å². The van der Waals surface area contributed by atoms with Crippen molar-refractivity contribution in [2.45, 2.75) is 12.7 Å². The van der Waals surface area contributed by atoms with Crippen molar-refractivity contribution in [1.29, 1.82) is 0 Å². The molecule has 7 nitrogen and oxygen atoms in total. The lowest BCUT2D eigenvalue weighted by molar-refractivity contribution is -0.153. The summed E-state index contributed by atoms with van der Waals surface area (Å²) >= 11 is 0. The molecule has 3 aromatic rings. The Bertz CT molecular complexity index is 911. The van der Waals surface area contributed by atoms with Crippen LogP contribution in [0.25, 0.3) is 5.69 Å². The molecule has 0 spiro atoms. The van der Waals surface area contributed by atoms with E-state index < -0.39 is 18.8 Å². The van der Waals surface area contributed by atoms with E-state index in [4.69, 9.17) is 0 Å². The van der Waals surface area contributed by atoms with Gasteiger partial charge in [-0.05, 0) is 36.4 Å². The van der Waals surface area contributed by atoms with Gasteiger partial charge in [-0.2, -0.15) is 13.2 Å². The second kappa shape index (κ2) is 8.42. The molecule has 10 heteroatoms. The van der Waals surface area contributed by atoms with Gasteiger partial charge in [-0.3, -0.25) is 4.57 Å². The van der Waals surface area contributed by atoms with E-state index in [0.29, 0.717) is 11.5 Å². The van der Waals surface area contributed by atoms with Crippen molar-refractivity contribution >= 4 is 11.7 Å². The first-order valence-corrected chi connectivity index (χ1v) is 8.19. The first kappa shape index (κ1) is 19.2. The van der Waals surface area contributed by atoms with Gasteiger partial charge in [-0.25, -0.2) is 4.79 Å². The van der Waals surface area contributed by atoms with Crippen LogP contribution in [0.3, 0.4) is 0 Å². The zero-order valence-corrected chi connectivity index (χ0v) is 14.5. The summed E-state index contributed by atoms with van der Waals surface area (Å²) in [5.41, 5.74) is 1.26. The monoisotopic (exact) mass is 391 g/mol. The highest BCUT2D eigenvalue weighted by atomic mass is 19.4. The molecule has 1 heterocycles. The summed E-state index contributed by atoms with van der Waals surface area (Å²) in [5.74, 6) is 0.594. The Labute approximate surface area is 158 Å². The Morgan fingerprint density at radius 2 is 1.79 bits per heavy atom. The number of carbonyl (C=O) groups is 1. The number of hydrogen-bond donors (Lipinski definition) is 2. The Morgan fingerprint density at radius 1 is 1.07 bits per heavy atom. The quantitative estimate of drug-likeness (QED) is 0.674. The van der Waals surface area contributed by atoms with Crippen molar-refractivity contribution in [2.75, 3.05) is 11.9 Å². The number of para-hydroxylation sites is 1. The number of halogens is 3. The van der Waals surface area contributed by atoms with Crippen molar-refractivity contribution in [2.24, 2.45) is 0 Å². The average Bonchev–Trinajstić information content (AvgIpc) is 3.14. The third kappa shape index (κ3) is 5.47. The summed E-state index contributed by atoms with van der Waals surface area (Å²) in [6.07, 6.45) is -2.86. The zero-order chi connectivity index (χ0) is 20.0. The molecule has 0 saturated heterocycles. The van der Waals surface area contributed by atoms with Crippen LogP contribution in [0.5, 0.6) is 5.75 Å². The number of urea groups is 1. The number of benzene rings is 2. The first-order valence-electron chi connectivity index (χ1n) is 8.19. The Balaban J connectivity index is 1.52. The minimum atomic E-state index is -4.41. The van der Waals surface area contributed by atoms with Crippen LogP contribution in [0.15, 0.2) is 60.9 Å². The smallest absolute Gasteiger partial charge is 0.422 e. The summed E-state index contributed by atoms with van der Waals surface area (Å²) in [7, 11) is 0. The normalized spacial score (nSPS) is 11.1. The highest BCUT2D eigenvalue weighted by molar-refractivity contribution is 5.89. The van der Waals surface area contributed by atoms with Crippen LogP contribution in [0, 0.1) is 0 Å². The van der Waals surface area contributed by atoms with E-state index in [0.717, 1.165) is 5.69 Å². The minimum absolute atomic E-state index is 0.0549. The molecule has 0 saturated carbocycles. The second-order valence-electron chi connectivity index (χ2n) is 5.69. The number of aromatic nitrogens is 3. The number of amides is 2. The van der Waals surface area contributed by atoms with Crippen molar-refractivity contribution in [3.63, 3.8) is 0 Å². The maximum absolute atomic E-state index is 12.1. The molecule has 146 valence electrons. The van der Waals surface area contributed by atoms with Gasteiger partial charge < -0.3 is 15.4 Å². The largest absolute Gasteiger partial charge is 0.484 e. The van der Waals surface area contributed by atoms with Gasteiger partial charge in [-0.15, -0.1) is 10.2 Å². The lowest BCUT2D eigenvalue weighted by Gasteiger charge is -2.11. The Kier molecular flexibility index (Phi) is 5.78. The van der Waals surface area contributed by atoms with Crippen LogP contribution in [0.1, 0.15) is 5.82 Å². The van der Waals surface area contributed by atoms with Gasteiger partial charge in [0.15, 0.2) is 12.4 Å².